The van der Waals surface area contributed by atoms with Gasteiger partial charge in [0.1, 0.15) is 0 Å². The van der Waals surface area contributed by atoms with E-state index in [0.717, 1.165) is 13.0 Å². The molecule has 0 aliphatic carbocycles. The molecular formula is C9H16NO. The zero-order chi connectivity index (χ0) is 7.90. The molecule has 2 fully saturated rings. The molecule has 0 N–H and O–H groups in total. The maximum atomic E-state index is 5.28. The lowest BCUT2D eigenvalue weighted by Crippen LogP contribution is -2.58. The van der Waals surface area contributed by atoms with Gasteiger partial charge in [-0.15, -0.1) is 0 Å². The van der Waals surface area contributed by atoms with Crippen molar-refractivity contribution >= 4 is 0 Å². The number of likely N-dealkylation sites (tertiary alicyclic amines) is 1. The molecule has 0 aromatic carbocycles. The Kier molecular flexibility index (Phi) is 1.69. The fraction of sp³-hybridized carbons (Fsp3) is 0.889. The number of hydrogen-bond donors (Lipinski definition) is 0. The summed E-state index contributed by atoms with van der Waals surface area (Å²) in [6.07, 6.45) is 1.16. The van der Waals surface area contributed by atoms with E-state index in [1.807, 2.05) is 6.61 Å². The van der Waals surface area contributed by atoms with Gasteiger partial charge in [-0.3, -0.25) is 4.90 Å². The molecule has 2 saturated heterocycles. The second-order valence-electron chi connectivity index (χ2n) is 4.18. The minimum atomic E-state index is 0.518. The van der Waals surface area contributed by atoms with Crippen LogP contribution >= 0.6 is 0 Å². The molecule has 2 heterocycles. The van der Waals surface area contributed by atoms with Crippen LogP contribution in [-0.2, 0) is 4.74 Å². The highest BCUT2D eigenvalue weighted by Gasteiger charge is 2.46. The van der Waals surface area contributed by atoms with E-state index in [2.05, 4.69) is 18.7 Å². The van der Waals surface area contributed by atoms with E-state index in [0.29, 0.717) is 11.5 Å². The zero-order valence-electron chi connectivity index (χ0n) is 7.34. The van der Waals surface area contributed by atoms with Gasteiger partial charge >= 0.3 is 0 Å². The summed E-state index contributed by atoms with van der Waals surface area (Å²) >= 11 is 0. The van der Waals surface area contributed by atoms with Crippen molar-refractivity contribution in [1.29, 1.82) is 0 Å². The SMILES string of the molecule is CC(C)N1CC2(C[CH]OC2)C1. The lowest BCUT2D eigenvalue weighted by molar-refractivity contribution is -0.0260. The highest BCUT2D eigenvalue weighted by Crippen LogP contribution is 2.40. The van der Waals surface area contributed by atoms with Crippen molar-refractivity contribution in [3.05, 3.63) is 6.61 Å². The van der Waals surface area contributed by atoms with Gasteiger partial charge in [0.2, 0.25) is 0 Å². The lowest BCUT2D eigenvalue weighted by Gasteiger charge is -2.49. The number of nitrogens with zero attached hydrogens (tertiary/aromatic N) is 1. The van der Waals surface area contributed by atoms with E-state index in [1.54, 1.807) is 0 Å². The summed E-state index contributed by atoms with van der Waals surface area (Å²) < 4.78 is 5.28. The van der Waals surface area contributed by atoms with Crippen LogP contribution in [0.1, 0.15) is 20.3 Å². The third-order valence-corrected chi connectivity index (χ3v) is 2.83. The van der Waals surface area contributed by atoms with Crippen LogP contribution in [-0.4, -0.2) is 30.6 Å². The molecule has 2 heteroatoms. The Labute approximate surface area is 68.5 Å². The van der Waals surface area contributed by atoms with Gasteiger partial charge in [0.25, 0.3) is 0 Å². The van der Waals surface area contributed by atoms with Crippen molar-refractivity contribution < 1.29 is 4.74 Å². The molecule has 0 saturated carbocycles. The van der Waals surface area contributed by atoms with Gasteiger partial charge in [0, 0.05) is 24.5 Å². The third-order valence-electron chi connectivity index (χ3n) is 2.83. The summed E-state index contributed by atoms with van der Waals surface area (Å²) in [5.74, 6) is 0. The summed E-state index contributed by atoms with van der Waals surface area (Å²) in [7, 11) is 0. The van der Waals surface area contributed by atoms with E-state index in [1.165, 1.54) is 13.1 Å². The summed E-state index contributed by atoms with van der Waals surface area (Å²) in [5, 5.41) is 0. The molecule has 63 valence electrons. The summed E-state index contributed by atoms with van der Waals surface area (Å²) in [5.41, 5.74) is 0.518. The van der Waals surface area contributed by atoms with E-state index in [4.69, 9.17) is 4.74 Å². The molecule has 0 aromatic heterocycles. The van der Waals surface area contributed by atoms with E-state index in [-0.39, 0.29) is 0 Å². The number of rotatable bonds is 1. The molecule has 1 spiro atoms. The van der Waals surface area contributed by atoms with Crippen LogP contribution in [0.25, 0.3) is 0 Å². The summed E-state index contributed by atoms with van der Waals surface area (Å²) in [6.45, 7) is 9.91. The normalized spacial score (nSPS) is 29.7. The van der Waals surface area contributed by atoms with Gasteiger partial charge in [-0.05, 0) is 20.3 Å². The smallest absolute Gasteiger partial charge is 0.0844 e. The van der Waals surface area contributed by atoms with Crippen LogP contribution < -0.4 is 0 Å². The van der Waals surface area contributed by atoms with Crippen LogP contribution in [0, 0.1) is 12.0 Å². The molecule has 2 nitrogen and oxygen atoms in total. The van der Waals surface area contributed by atoms with Crippen molar-refractivity contribution in [2.45, 2.75) is 26.3 Å². The van der Waals surface area contributed by atoms with Gasteiger partial charge in [0.05, 0.1) is 13.2 Å². The quantitative estimate of drug-likeness (QED) is 0.564. The Hall–Kier alpha value is -0.0800. The van der Waals surface area contributed by atoms with Crippen LogP contribution in [0.3, 0.4) is 0 Å². The Morgan fingerprint density at radius 1 is 1.45 bits per heavy atom. The molecule has 0 aromatic rings. The topological polar surface area (TPSA) is 12.5 Å². The fourth-order valence-corrected chi connectivity index (χ4v) is 1.93. The highest BCUT2D eigenvalue weighted by molar-refractivity contribution is 5.00. The minimum Gasteiger partial charge on any atom is -0.375 e. The largest absolute Gasteiger partial charge is 0.375 e. The summed E-state index contributed by atoms with van der Waals surface area (Å²) in [6, 6.07) is 0.709. The van der Waals surface area contributed by atoms with Gasteiger partial charge in [-0.1, -0.05) is 0 Å². The van der Waals surface area contributed by atoms with Crippen molar-refractivity contribution in [3.8, 4) is 0 Å². The van der Waals surface area contributed by atoms with E-state index < -0.39 is 0 Å². The van der Waals surface area contributed by atoms with Crippen LogP contribution in [0.2, 0.25) is 0 Å². The van der Waals surface area contributed by atoms with Crippen molar-refractivity contribution in [2.24, 2.45) is 5.41 Å². The second kappa shape index (κ2) is 2.46. The predicted octanol–water partition coefficient (Wildman–Crippen LogP) is 1.28. The van der Waals surface area contributed by atoms with Crippen molar-refractivity contribution in [2.75, 3.05) is 19.7 Å². The first kappa shape index (κ1) is 7.56. The average Bonchev–Trinajstić information content (AvgIpc) is 2.29. The second-order valence-corrected chi connectivity index (χ2v) is 4.18. The van der Waals surface area contributed by atoms with Crippen LogP contribution in [0.4, 0.5) is 0 Å². The van der Waals surface area contributed by atoms with Gasteiger partial charge in [-0.2, -0.15) is 0 Å². The monoisotopic (exact) mass is 154 g/mol. The molecular weight excluding hydrogens is 138 g/mol. The molecule has 11 heavy (non-hydrogen) atoms. The standard InChI is InChI=1S/C9H16NO/c1-8(2)10-5-9(6-10)3-4-11-7-9/h4,8H,3,5-7H2,1-2H3. The molecule has 1 radical (unpaired) electrons. The molecule has 2 aliphatic heterocycles. The summed E-state index contributed by atoms with van der Waals surface area (Å²) in [4.78, 5) is 2.50. The highest BCUT2D eigenvalue weighted by atomic mass is 16.5. The number of ether oxygens (including phenoxy) is 1. The number of hydrogen-bond acceptors (Lipinski definition) is 2. The molecule has 0 bridgehead atoms. The third kappa shape index (κ3) is 1.18. The first-order chi connectivity index (χ1) is 5.22. The molecule has 0 atom stereocenters. The zero-order valence-corrected chi connectivity index (χ0v) is 7.34. The van der Waals surface area contributed by atoms with Crippen molar-refractivity contribution in [1.82, 2.24) is 4.90 Å². The average molecular weight is 154 g/mol. The molecule has 2 aliphatic rings. The lowest BCUT2D eigenvalue weighted by atomic mass is 9.78. The Bertz CT molecular complexity index is 142. The Morgan fingerprint density at radius 2 is 2.18 bits per heavy atom. The van der Waals surface area contributed by atoms with Crippen LogP contribution in [0.15, 0.2) is 0 Å². The van der Waals surface area contributed by atoms with Gasteiger partial charge < -0.3 is 4.74 Å². The fourth-order valence-electron chi connectivity index (χ4n) is 1.93. The molecule has 0 unspecified atom stereocenters. The van der Waals surface area contributed by atoms with E-state index in [9.17, 15) is 0 Å². The van der Waals surface area contributed by atoms with E-state index >= 15 is 0 Å². The first-order valence-electron chi connectivity index (χ1n) is 4.39. The maximum absolute atomic E-state index is 5.28. The predicted molar refractivity (Wildman–Crippen MR) is 44.0 cm³/mol. The van der Waals surface area contributed by atoms with Crippen LogP contribution in [0.5, 0.6) is 0 Å². The van der Waals surface area contributed by atoms with Crippen molar-refractivity contribution in [3.63, 3.8) is 0 Å². The Morgan fingerprint density at radius 3 is 2.64 bits per heavy atom. The van der Waals surface area contributed by atoms with Gasteiger partial charge in [0.15, 0.2) is 0 Å². The molecule has 0 amide bonds. The maximum Gasteiger partial charge on any atom is 0.0844 e. The van der Waals surface area contributed by atoms with Gasteiger partial charge in [-0.25, -0.2) is 0 Å². The first-order valence-corrected chi connectivity index (χ1v) is 4.39. The Balaban J connectivity index is 1.86. The minimum absolute atomic E-state index is 0.518. The molecule has 2 rings (SSSR count).